The van der Waals surface area contributed by atoms with Gasteiger partial charge < -0.3 is 9.64 Å². The van der Waals surface area contributed by atoms with E-state index in [1.165, 1.54) is 28.8 Å². The molecular weight excluding hydrogens is 363 g/mol. The lowest BCUT2D eigenvalue weighted by atomic mass is 10.0. The summed E-state index contributed by atoms with van der Waals surface area (Å²) in [5.41, 5.74) is 0.345. The maximum atomic E-state index is 14.2. The molecule has 0 bridgehead atoms. The van der Waals surface area contributed by atoms with Gasteiger partial charge in [-0.25, -0.2) is 22.9 Å². The molecule has 1 fully saturated rings. The second-order valence-corrected chi connectivity index (χ2v) is 6.16. The van der Waals surface area contributed by atoms with Crippen LogP contribution in [0.4, 0.5) is 19.0 Å². The number of esters is 1. The van der Waals surface area contributed by atoms with E-state index in [1.807, 2.05) is 0 Å². The molecule has 4 rings (SSSR count). The van der Waals surface area contributed by atoms with Crippen LogP contribution < -0.4 is 4.90 Å². The number of halogens is 3. The Morgan fingerprint density at radius 3 is 2.89 bits per heavy atom. The second kappa shape index (κ2) is 6.53. The topological polar surface area (TPSA) is 72.6 Å². The fourth-order valence-corrected chi connectivity index (χ4v) is 3.27. The van der Waals surface area contributed by atoms with Crippen LogP contribution in [0.1, 0.15) is 28.6 Å². The highest BCUT2D eigenvalue weighted by Crippen LogP contribution is 2.37. The van der Waals surface area contributed by atoms with Crippen molar-refractivity contribution in [1.29, 1.82) is 0 Å². The van der Waals surface area contributed by atoms with Crippen molar-refractivity contribution in [3.63, 3.8) is 0 Å². The minimum Gasteiger partial charge on any atom is -0.463 e. The Kier molecular flexibility index (Phi) is 4.17. The fourth-order valence-electron chi connectivity index (χ4n) is 3.27. The average Bonchev–Trinajstić information content (AvgIpc) is 3.26. The van der Waals surface area contributed by atoms with Crippen LogP contribution in [0, 0.1) is 11.6 Å². The highest BCUT2D eigenvalue weighted by Gasteiger charge is 2.36. The van der Waals surface area contributed by atoms with Crippen molar-refractivity contribution < 1.29 is 22.7 Å². The Balaban J connectivity index is 1.78. The first-order valence-corrected chi connectivity index (χ1v) is 8.12. The summed E-state index contributed by atoms with van der Waals surface area (Å²) < 4.78 is 48.0. The third-order valence-electron chi connectivity index (χ3n) is 4.51. The van der Waals surface area contributed by atoms with E-state index in [1.54, 1.807) is 0 Å². The zero-order valence-corrected chi connectivity index (χ0v) is 14.1. The molecule has 0 spiro atoms. The molecule has 0 radical (unpaired) electrons. The number of hydrogen-bond acceptors (Lipinski definition) is 6. The molecule has 0 unspecified atom stereocenters. The molecule has 1 saturated heterocycles. The number of benzene rings is 1. The molecule has 0 saturated carbocycles. The molecule has 0 aliphatic carbocycles. The van der Waals surface area contributed by atoms with Gasteiger partial charge in [-0.1, -0.05) is 0 Å². The maximum absolute atomic E-state index is 14.2. The number of rotatable bonds is 3. The van der Waals surface area contributed by atoms with Gasteiger partial charge in [0.2, 0.25) is 5.82 Å². The van der Waals surface area contributed by atoms with Crippen molar-refractivity contribution in [2.24, 2.45) is 0 Å². The number of ether oxygens (including phenoxy) is 1. The predicted molar refractivity (Wildman–Crippen MR) is 88.1 cm³/mol. The van der Waals surface area contributed by atoms with Gasteiger partial charge in [0.05, 0.1) is 32.1 Å². The highest BCUT2D eigenvalue weighted by atomic mass is 19.1. The lowest BCUT2D eigenvalue weighted by Gasteiger charge is -2.26. The average molecular weight is 377 g/mol. The SMILES string of the molecule is COC(=O)c1nnc2cnc(N3C[C@@H](F)C[C@@H]3c3cc(F)ccc3F)cn12. The van der Waals surface area contributed by atoms with E-state index >= 15 is 0 Å². The van der Waals surface area contributed by atoms with Gasteiger partial charge in [0.15, 0.2) is 5.65 Å². The monoisotopic (exact) mass is 377 g/mol. The van der Waals surface area contributed by atoms with Crippen molar-refractivity contribution in [3.8, 4) is 0 Å². The Morgan fingerprint density at radius 2 is 2.11 bits per heavy atom. The van der Waals surface area contributed by atoms with Crippen molar-refractivity contribution in [2.45, 2.75) is 18.6 Å². The van der Waals surface area contributed by atoms with Crippen molar-refractivity contribution in [2.75, 3.05) is 18.6 Å². The number of anilines is 1. The molecule has 0 amide bonds. The van der Waals surface area contributed by atoms with Crippen molar-refractivity contribution >= 4 is 17.4 Å². The molecule has 2 atom stereocenters. The minimum absolute atomic E-state index is 0.00781. The number of nitrogens with zero attached hydrogens (tertiary/aromatic N) is 5. The van der Waals surface area contributed by atoms with E-state index in [-0.39, 0.29) is 30.2 Å². The summed E-state index contributed by atoms with van der Waals surface area (Å²) in [7, 11) is 1.21. The Bertz CT molecular complexity index is 1020. The molecule has 10 heteroatoms. The van der Waals surface area contributed by atoms with E-state index < -0.39 is 29.8 Å². The third kappa shape index (κ3) is 2.96. The number of alkyl halides is 1. The zero-order valence-electron chi connectivity index (χ0n) is 14.1. The Hall–Kier alpha value is -3.17. The Labute approximate surface area is 151 Å². The molecule has 0 N–H and O–H groups in total. The molecule has 3 aromatic rings. The summed E-state index contributed by atoms with van der Waals surface area (Å²) in [6.45, 7) is -0.0468. The van der Waals surface area contributed by atoms with E-state index in [9.17, 15) is 18.0 Å². The minimum atomic E-state index is -1.24. The lowest BCUT2D eigenvalue weighted by Crippen LogP contribution is -2.26. The number of hydrogen-bond donors (Lipinski definition) is 0. The first kappa shape index (κ1) is 17.3. The largest absolute Gasteiger partial charge is 0.463 e. The van der Waals surface area contributed by atoms with E-state index in [0.717, 1.165) is 18.2 Å². The number of carbonyl (C=O) groups excluding carboxylic acids is 1. The van der Waals surface area contributed by atoms with Crippen molar-refractivity contribution in [3.05, 3.63) is 53.6 Å². The van der Waals surface area contributed by atoms with Gasteiger partial charge in [-0.2, -0.15) is 0 Å². The maximum Gasteiger partial charge on any atom is 0.376 e. The first-order valence-electron chi connectivity index (χ1n) is 8.12. The van der Waals surface area contributed by atoms with Gasteiger partial charge in [-0.15, -0.1) is 10.2 Å². The van der Waals surface area contributed by atoms with Gasteiger partial charge in [0.1, 0.15) is 23.6 Å². The first-order chi connectivity index (χ1) is 13.0. The summed E-state index contributed by atoms with van der Waals surface area (Å²) in [6, 6.07) is 2.34. The lowest BCUT2D eigenvalue weighted by molar-refractivity contribution is 0.0585. The molecule has 1 aliphatic heterocycles. The highest BCUT2D eigenvalue weighted by molar-refractivity contribution is 5.86. The summed E-state index contributed by atoms with van der Waals surface area (Å²) >= 11 is 0. The molecule has 1 aliphatic rings. The predicted octanol–water partition coefficient (Wildman–Crippen LogP) is 2.48. The molecule has 140 valence electrons. The summed E-state index contributed by atoms with van der Waals surface area (Å²) in [6.07, 6.45) is 1.56. The van der Waals surface area contributed by atoms with E-state index in [0.29, 0.717) is 5.65 Å². The number of carbonyl (C=O) groups is 1. The summed E-state index contributed by atoms with van der Waals surface area (Å²) in [5.74, 6) is -1.72. The third-order valence-corrected chi connectivity index (χ3v) is 4.51. The van der Waals surface area contributed by atoms with Crippen LogP contribution >= 0.6 is 0 Å². The zero-order chi connectivity index (χ0) is 19.1. The molecular formula is C17H14F3N5O2. The summed E-state index contributed by atoms with van der Waals surface area (Å²) in [4.78, 5) is 17.6. The fraction of sp³-hybridized carbons (Fsp3) is 0.294. The van der Waals surface area contributed by atoms with E-state index in [2.05, 4.69) is 19.9 Å². The van der Waals surface area contributed by atoms with Crippen LogP contribution in [-0.4, -0.2) is 45.4 Å². The van der Waals surface area contributed by atoms with E-state index in [4.69, 9.17) is 0 Å². The van der Waals surface area contributed by atoms with Crippen LogP contribution in [0.2, 0.25) is 0 Å². The quantitative estimate of drug-likeness (QED) is 0.653. The van der Waals surface area contributed by atoms with Crippen molar-refractivity contribution in [1.82, 2.24) is 19.6 Å². The number of methoxy groups -OCH3 is 1. The molecule has 7 nitrogen and oxygen atoms in total. The van der Waals surface area contributed by atoms with Gasteiger partial charge in [-0.3, -0.25) is 4.40 Å². The standard InChI is InChI=1S/C17H14F3N5O2/c1-27-17(26)16-23-22-14-6-21-15(8-25(14)16)24-7-10(19)5-13(24)11-4-9(18)2-3-12(11)20/h2-4,6,8,10,13H,5,7H2,1H3/t10-,13+/m0/s1. The Morgan fingerprint density at radius 1 is 1.30 bits per heavy atom. The van der Waals surface area contributed by atoms with Crippen LogP contribution in [-0.2, 0) is 4.74 Å². The van der Waals surface area contributed by atoms with Gasteiger partial charge in [-0.05, 0) is 18.2 Å². The molecule has 27 heavy (non-hydrogen) atoms. The van der Waals surface area contributed by atoms with Crippen LogP contribution in [0.5, 0.6) is 0 Å². The van der Waals surface area contributed by atoms with Gasteiger partial charge >= 0.3 is 5.97 Å². The molecule has 1 aromatic carbocycles. The van der Waals surface area contributed by atoms with Crippen LogP contribution in [0.15, 0.2) is 30.6 Å². The van der Waals surface area contributed by atoms with Crippen LogP contribution in [0.3, 0.4) is 0 Å². The molecule has 2 aromatic heterocycles. The number of fused-ring (bicyclic) bond motifs is 1. The van der Waals surface area contributed by atoms with Crippen LogP contribution in [0.25, 0.3) is 5.65 Å². The number of aromatic nitrogens is 4. The smallest absolute Gasteiger partial charge is 0.376 e. The van der Waals surface area contributed by atoms with Gasteiger partial charge in [0, 0.05) is 12.0 Å². The second-order valence-electron chi connectivity index (χ2n) is 6.16. The van der Waals surface area contributed by atoms with Gasteiger partial charge in [0.25, 0.3) is 0 Å². The summed E-state index contributed by atoms with van der Waals surface area (Å²) in [5, 5.41) is 7.57. The molecule has 3 heterocycles. The normalized spacial score (nSPS) is 19.6.